The van der Waals surface area contributed by atoms with Gasteiger partial charge in [-0.25, -0.2) is 9.59 Å². The number of esters is 2. The smallest absolute Gasteiger partial charge is 0.339 e. The second-order valence-electron chi connectivity index (χ2n) is 11.5. The zero-order valence-corrected chi connectivity index (χ0v) is 28.2. The first-order valence-electron chi connectivity index (χ1n) is 17.1. The number of benzene rings is 1. The molecule has 1 aromatic rings. The highest BCUT2D eigenvalue weighted by atomic mass is 32.2. The van der Waals surface area contributed by atoms with E-state index in [2.05, 4.69) is 38.2 Å². The minimum Gasteiger partial charge on any atom is -0.462 e. The van der Waals surface area contributed by atoms with E-state index < -0.39 is 27.0 Å². The van der Waals surface area contributed by atoms with E-state index in [0.29, 0.717) is 12.8 Å². The average Bonchev–Trinajstić information content (AvgIpc) is 3.00. The monoisotopic (exact) mass is 634 g/mol. The minimum atomic E-state index is -4.57. The van der Waals surface area contributed by atoms with Crippen LogP contribution < -0.4 is 0 Å². The van der Waals surface area contributed by atoms with Crippen LogP contribution in [0.5, 0.6) is 0 Å². The van der Waals surface area contributed by atoms with Crippen LogP contribution in [0.15, 0.2) is 47.4 Å². The molecule has 0 aliphatic heterocycles. The summed E-state index contributed by atoms with van der Waals surface area (Å²) in [6, 6.07) is 3.23. The summed E-state index contributed by atoms with van der Waals surface area (Å²) >= 11 is 0. The number of carbonyl (C=O) groups excluding carboxylic acids is 2. The van der Waals surface area contributed by atoms with Crippen LogP contribution in [0.25, 0.3) is 0 Å². The number of ether oxygens (including phenoxy) is 2. The molecule has 8 heteroatoms. The Morgan fingerprint density at radius 3 is 1.41 bits per heavy atom. The first-order valence-corrected chi connectivity index (χ1v) is 18.5. The number of rotatable bonds is 27. The van der Waals surface area contributed by atoms with Crippen molar-refractivity contribution in [3.63, 3.8) is 0 Å². The van der Waals surface area contributed by atoms with Crippen molar-refractivity contribution >= 4 is 22.1 Å². The number of hydrogen-bond acceptors (Lipinski definition) is 6. The van der Waals surface area contributed by atoms with Gasteiger partial charge in [0.2, 0.25) is 0 Å². The van der Waals surface area contributed by atoms with Gasteiger partial charge >= 0.3 is 11.9 Å². The van der Waals surface area contributed by atoms with Gasteiger partial charge in [-0.3, -0.25) is 4.55 Å². The van der Waals surface area contributed by atoms with Crippen LogP contribution in [0, 0.1) is 0 Å². The summed E-state index contributed by atoms with van der Waals surface area (Å²) in [5.41, 5.74) is -0.319. The molecule has 0 spiro atoms. The maximum atomic E-state index is 12.8. The van der Waals surface area contributed by atoms with Gasteiger partial charge in [0.1, 0.15) is 0 Å². The lowest BCUT2D eigenvalue weighted by atomic mass is 10.1. The van der Waals surface area contributed by atoms with Crippen LogP contribution in [-0.4, -0.2) is 38.1 Å². The summed E-state index contributed by atoms with van der Waals surface area (Å²) in [5, 5.41) is 0. The molecule has 0 atom stereocenters. The average molecular weight is 635 g/mol. The molecule has 250 valence electrons. The molecule has 1 aromatic carbocycles. The fourth-order valence-corrected chi connectivity index (χ4v) is 5.31. The van der Waals surface area contributed by atoms with Crippen molar-refractivity contribution in [1.29, 1.82) is 0 Å². The van der Waals surface area contributed by atoms with Crippen LogP contribution in [0.1, 0.15) is 163 Å². The molecule has 0 amide bonds. The first-order chi connectivity index (χ1) is 21.3. The molecule has 0 bridgehead atoms. The SMILES string of the molecule is CCCCCCCC/C=C/CCCCOC(=O)c1ccc(S(=O)(=O)O)cc1C(=O)OCCCC/C=C/CCCCCCCC. The maximum Gasteiger partial charge on any atom is 0.339 e. The molecule has 7 nitrogen and oxygen atoms in total. The lowest BCUT2D eigenvalue weighted by Gasteiger charge is -2.11. The molecule has 0 fully saturated rings. The lowest BCUT2D eigenvalue weighted by Crippen LogP contribution is -2.16. The Morgan fingerprint density at radius 1 is 0.591 bits per heavy atom. The van der Waals surface area contributed by atoms with Crippen molar-refractivity contribution in [1.82, 2.24) is 0 Å². The first kappa shape index (κ1) is 39.6. The Hall–Kier alpha value is -2.45. The van der Waals surface area contributed by atoms with E-state index in [4.69, 9.17) is 9.47 Å². The van der Waals surface area contributed by atoms with Crippen LogP contribution in [-0.2, 0) is 19.6 Å². The molecular weight excluding hydrogens is 576 g/mol. The summed E-state index contributed by atoms with van der Waals surface area (Å²) in [7, 11) is -4.57. The second-order valence-corrected chi connectivity index (χ2v) is 12.9. The van der Waals surface area contributed by atoms with E-state index in [9.17, 15) is 22.6 Å². The number of carbonyl (C=O) groups is 2. The highest BCUT2D eigenvalue weighted by Crippen LogP contribution is 2.19. The summed E-state index contributed by atoms with van der Waals surface area (Å²) in [6.45, 7) is 4.77. The van der Waals surface area contributed by atoms with Crippen LogP contribution in [0.2, 0.25) is 0 Å². The van der Waals surface area contributed by atoms with Gasteiger partial charge in [0.05, 0.1) is 29.2 Å². The van der Waals surface area contributed by atoms with E-state index in [1.54, 1.807) is 0 Å². The third kappa shape index (κ3) is 19.8. The maximum absolute atomic E-state index is 12.8. The number of allylic oxidation sites excluding steroid dienone is 4. The molecule has 0 unspecified atom stereocenters. The molecular formula is C36H58O7S. The standard InChI is InChI=1S/C36H58O7S/c1-3-5-7-9-11-13-15-17-19-21-23-25-29-42-35(37)33-28-27-32(44(39,40)41)31-34(33)36(38)43-30-26-24-22-20-18-16-14-12-10-8-6-4-2/h17-20,27-28,31H,3-16,21-26,29-30H2,1-2H3,(H,39,40,41)/b19-17+,20-18+. The van der Waals surface area contributed by atoms with Gasteiger partial charge in [0.15, 0.2) is 0 Å². The Bertz CT molecular complexity index is 1080. The molecule has 1 rings (SSSR count). The fraction of sp³-hybridized carbons (Fsp3) is 0.667. The number of hydrogen-bond donors (Lipinski definition) is 1. The van der Waals surface area contributed by atoms with E-state index in [1.165, 1.54) is 83.1 Å². The van der Waals surface area contributed by atoms with Crippen molar-refractivity contribution in [2.75, 3.05) is 13.2 Å². The van der Waals surface area contributed by atoms with Gasteiger partial charge in [0.25, 0.3) is 10.1 Å². The Kier molecular flexibility index (Phi) is 23.2. The molecule has 0 heterocycles. The summed E-state index contributed by atoms with van der Waals surface area (Å²) in [6.07, 6.45) is 31.1. The Morgan fingerprint density at radius 2 is 0.977 bits per heavy atom. The third-order valence-electron chi connectivity index (χ3n) is 7.51. The van der Waals surface area contributed by atoms with Gasteiger partial charge in [-0.1, -0.05) is 102 Å². The molecule has 0 saturated carbocycles. The normalized spacial score (nSPS) is 11.9. The highest BCUT2D eigenvalue weighted by molar-refractivity contribution is 7.85. The van der Waals surface area contributed by atoms with Crippen molar-refractivity contribution in [3.8, 4) is 0 Å². The lowest BCUT2D eigenvalue weighted by molar-refractivity contribution is 0.0451. The summed E-state index contributed by atoms with van der Waals surface area (Å²) < 4.78 is 43.5. The molecule has 0 saturated heterocycles. The topological polar surface area (TPSA) is 107 Å². The van der Waals surface area contributed by atoms with Crippen LogP contribution in [0.4, 0.5) is 0 Å². The summed E-state index contributed by atoms with van der Waals surface area (Å²) in [5.74, 6) is -1.55. The zero-order chi connectivity index (χ0) is 32.3. The molecule has 44 heavy (non-hydrogen) atoms. The molecule has 1 N–H and O–H groups in total. The van der Waals surface area contributed by atoms with Gasteiger partial charge in [-0.2, -0.15) is 8.42 Å². The van der Waals surface area contributed by atoms with Gasteiger partial charge in [-0.15, -0.1) is 0 Å². The van der Waals surface area contributed by atoms with E-state index >= 15 is 0 Å². The predicted molar refractivity (Wildman–Crippen MR) is 179 cm³/mol. The molecule has 0 aliphatic rings. The minimum absolute atomic E-state index is 0.0844. The number of unbranched alkanes of at least 4 members (excludes halogenated alkanes) is 16. The Balaban J connectivity index is 2.43. The van der Waals surface area contributed by atoms with Gasteiger partial charge in [-0.05, 0) is 82.4 Å². The highest BCUT2D eigenvalue weighted by Gasteiger charge is 2.23. The van der Waals surface area contributed by atoms with E-state index in [1.807, 2.05) is 0 Å². The zero-order valence-electron chi connectivity index (χ0n) is 27.4. The van der Waals surface area contributed by atoms with Crippen LogP contribution >= 0.6 is 0 Å². The summed E-state index contributed by atoms with van der Waals surface area (Å²) in [4.78, 5) is 25.1. The van der Waals surface area contributed by atoms with Crippen molar-refractivity contribution in [2.45, 2.75) is 147 Å². The van der Waals surface area contributed by atoms with Crippen molar-refractivity contribution in [2.24, 2.45) is 0 Å². The molecule has 0 radical (unpaired) electrons. The quantitative estimate of drug-likeness (QED) is 0.0444. The van der Waals surface area contributed by atoms with Crippen LogP contribution in [0.3, 0.4) is 0 Å². The third-order valence-corrected chi connectivity index (χ3v) is 8.36. The molecule has 0 aromatic heterocycles. The second kappa shape index (κ2) is 25.8. The van der Waals surface area contributed by atoms with Gasteiger partial charge < -0.3 is 9.47 Å². The van der Waals surface area contributed by atoms with Crippen molar-refractivity contribution < 1.29 is 32.0 Å². The fourth-order valence-electron chi connectivity index (χ4n) is 4.80. The Labute approximate surface area is 267 Å². The predicted octanol–water partition coefficient (Wildman–Crippen LogP) is 10.2. The largest absolute Gasteiger partial charge is 0.462 e. The van der Waals surface area contributed by atoms with Crippen molar-refractivity contribution in [3.05, 3.63) is 53.6 Å². The van der Waals surface area contributed by atoms with Gasteiger partial charge in [0, 0.05) is 0 Å². The van der Waals surface area contributed by atoms with E-state index in [-0.39, 0.29) is 24.3 Å². The van der Waals surface area contributed by atoms with E-state index in [0.717, 1.165) is 50.7 Å². The molecule has 0 aliphatic carbocycles.